The summed E-state index contributed by atoms with van der Waals surface area (Å²) in [5.41, 5.74) is 0. The molecule has 0 aliphatic heterocycles. The molecule has 1 unspecified atom stereocenters. The molecular weight excluding hydrogens is 200 g/mol. The summed E-state index contributed by atoms with van der Waals surface area (Å²) in [5.74, 6) is 0.630. The van der Waals surface area contributed by atoms with Crippen LogP contribution >= 0.6 is 0 Å². The number of hydrogen-bond donors (Lipinski definition) is 1. The van der Waals surface area contributed by atoms with E-state index < -0.39 is 5.97 Å². The van der Waals surface area contributed by atoms with Gasteiger partial charge in [-0.1, -0.05) is 51.8 Å². The lowest BCUT2D eigenvalue weighted by atomic mass is 9.96. The van der Waals surface area contributed by atoms with E-state index in [0.717, 1.165) is 18.3 Å². The zero-order valence-electron chi connectivity index (χ0n) is 10.6. The number of carboxylic acids is 1. The van der Waals surface area contributed by atoms with Crippen molar-refractivity contribution >= 4 is 5.97 Å². The van der Waals surface area contributed by atoms with Crippen molar-refractivity contribution in [2.75, 3.05) is 0 Å². The highest BCUT2D eigenvalue weighted by atomic mass is 16.4. The van der Waals surface area contributed by atoms with Crippen molar-refractivity contribution in [3.05, 3.63) is 24.3 Å². The highest BCUT2D eigenvalue weighted by molar-refractivity contribution is 5.79. The number of aliphatic carboxylic acids is 1. The number of carbonyl (C=O) groups is 1. The van der Waals surface area contributed by atoms with Crippen LogP contribution in [0.25, 0.3) is 0 Å². The number of rotatable bonds is 8. The average Bonchev–Trinajstić information content (AvgIpc) is 2.19. The molecule has 1 atom stereocenters. The van der Waals surface area contributed by atoms with E-state index in [-0.39, 0.29) is 0 Å². The maximum Gasteiger partial charge on any atom is 0.327 e. The summed E-state index contributed by atoms with van der Waals surface area (Å²) in [6.07, 6.45) is 11.4. The van der Waals surface area contributed by atoms with E-state index in [2.05, 4.69) is 26.8 Å². The Morgan fingerprint density at radius 2 is 1.81 bits per heavy atom. The van der Waals surface area contributed by atoms with E-state index in [1.807, 2.05) is 6.08 Å². The molecule has 0 saturated carbocycles. The fourth-order valence-corrected chi connectivity index (χ4v) is 1.41. The van der Waals surface area contributed by atoms with E-state index in [0.29, 0.717) is 6.42 Å². The van der Waals surface area contributed by atoms with Gasteiger partial charge in [-0.2, -0.15) is 0 Å². The Balaban J connectivity index is 3.55. The fraction of sp³-hybridized carbons (Fsp3) is 0.643. The molecule has 0 aromatic rings. The first kappa shape index (κ1) is 14.9. The molecule has 16 heavy (non-hydrogen) atoms. The van der Waals surface area contributed by atoms with Gasteiger partial charge in [-0.3, -0.25) is 0 Å². The lowest BCUT2D eigenvalue weighted by Gasteiger charge is -2.10. The van der Waals surface area contributed by atoms with Crippen LogP contribution in [-0.4, -0.2) is 11.1 Å². The molecule has 0 aromatic heterocycles. The molecule has 0 rings (SSSR count). The molecule has 0 saturated heterocycles. The molecule has 2 heteroatoms. The molecule has 0 radical (unpaired) electrons. The first-order valence-corrected chi connectivity index (χ1v) is 6.06. The summed E-state index contributed by atoms with van der Waals surface area (Å²) in [4.78, 5) is 10.2. The number of allylic oxidation sites excluding steroid dienone is 3. The zero-order valence-corrected chi connectivity index (χ0v) is 10.6. The molecule has 2 nitrogen and oxygen atoms in total. The van der Waals surface area contributed by atoms with Crippen LogP contribution in [0.2, 0.25) is 0 Å². The highest BCUT2D eigenvalue weighted by Crippen LogP contribution is 2.15. The van der Waals surface area contributed by atoms with Crippen molar-refractivity contribution in [2.24, 2.45) is 11.8 Å². The molecule has 0 spiro atoms. The third kappa shape index (κ3) is 11.0. The van der Waals surface area contributed by atoms with Gasteiger partial charge in [-0.25, -0.2) is 4.79 Å². The summed E-state index contributed by atoms with van der Waals surface area (Å²) in [7, 11) is 0. The predicted molar refractivity (Wildman–Crippen MR) is 68.4 cm³/mol. The molecule has 0 fully saturated rings. The molecule has 0 aliphatic carbocycles. The second-order valence-electron chi connectivity index (χ2n) is 4.76. The lowest BCUT2D eigenvalue weighted by molar-refractivity contribution is -0.131. The predicted octanol–water partition coefficient (Wildman–Crippen LogP) is 4.04. The lowest BCUT2D eigenvalue weighted by Crippen LogP contribution is -1.96. The van der Waals surface area contributed by atoms with Crippen molar-refractivity contribution in [2.45, 2.75) is 46.5 Å². The van der Waals surface area contributed by atoms with Gasteiger partial charge in [0.25, 0.3) is 0 Å². The smallest absolute Gasteiger partial charge is 0.327 e. The third-order valence-electron chi connectivity index (χ3n) is 2.47. The minimum Gasteiger partial charge on any atom is -0.478 e. The highest BCUT2D eigenvalue weighted by Gasteiger charge is 2.01. The van der Waals surface area contributed by atoms with E-state index in [1.54, 1.807) is 6.08 Å². The number of hydrogen-bond acceptors (Lipinski definition) is 1. The van der Waals surface area contributed by atoms with Crippen molar-refractivity contribution in [1.82, 2.24) is 0 Å². The second kappa shape index (κ2) is 9.20. The Morgan fingerprint density at radius 3 is 2.38 bits per heavy atom. The van der Waals surface area contributed by atoms with Crippen LogP contribution in [0.4, 0.5) is 0 Å². The van der Waals surface area contributed by atoms with E-state index in [9.17, 15) is 4.79 Å². The van der Waals surface area contributed by atoms with Gasteiger partial charge in [0, 0.05) is 6.08 Å². The van der Waals surface area contributed by atoms with Crippen LogP contribution < -0.4 is 0 Å². The molecule has 0 aliphatic rings. The Labute approximate surface area is 99.1 Å². The Bertz CT molecular complexity index is 239. The topological polar surface area (TPSA) is 37.3 Å². The van der Waals surface area contributed by atoms with Gasteiger partial charge in [-0.05, 0) is 24.7 Å². The van der Waals surface area contributed by atoms with E-state index in [4.69, 9.17) is 5.11 Å². The quantitative estimate of drug-likeness (QED) is 0.499. The third-order valence-corrected chi connectivity index (χ3v) is 2.47. The van der Waals surface area contributed by atoms with Crippen molar-refractivity contribution in [1.29, 1.82) is 0 Å². The van der Waals surface area contributed by atoms with Crippen LogP contribution in [0.3, 0.4) is 0 Å². The van der Waals surface area contributed by atoms with Crippen molar-refractivity contribution < 1.29 is 9.90 Å². The largest absolute Gasteiger partial charge is 0.478 e. The van der Waals surface area contributed by atoms with Crippen LogP contribution in [0.1, 0.15) is 46.5 Å². The van der Waals surface area contributed by atoms with Gasteiger partial charge < -0.3 is 5.11 Å². The zero-order chi connectivity index (χ0) is 12.4. The fourth-order valence-electron chi connectivity index (χ4n) is 1.41. The van der Waals surface area contributed by atoms with Gasteiger partial charge in [-0.15, -0.1) is 0 Å². The summed E-state index contributed by atoms with van der Waals surface area (Å²) in [5, 5.41) is 8.37. The summed E-state index contributed by atoms with van der Waals surface area (Å²) >= 11 is 0. The SMILES string of the molecule is CC(C)CCC(C)C/C=C/C/C=C/C(=O)O. The standard InChI is InChI=1S/C14H24O2/c1-12(2)10-11-13(3)8-6-4-5-7-9-14(15)16/h4,6-7,9,12-13H,5,8,10-11H2,1-3H3,(H,15,16)/b6-4+,9-7+. The Morgan fingerprint density at radius 1 is 1.12 bits per heavy atom. The van der Waals surface area contributed by atoms with Crippen molar-refractivity contribution in [3.63, 3.8) is 0 Å². The molecule has 0 bridgehead atoms. The second-order valence-corrected chi connectivity index (χ2v) is 4.76. The number of carboxylic acid groups (broad SMARTS) is 1. The van der Waals surface area contributed by atoms with Gasteiger partial charge in [0.05, 0.1) is 0 Å². The van der Waals surface area contributed by atoms with Gasteiger partial charge in [0.1, 0.15) is 0 Å². The normalized spacial score (nSPS) is 14.0. The van der Waals surface area contributed by atoms with Crippen molar-refractivity contribution in [3.8, 4) is 0 Å². The van der Waals surface area contributed by atoms with Gasteiger partial charge >= 0.3 is 5.97 Å². The molecule has 0 amide bonds. The van der Waals surface area contributed by atoms with Crippen LogP contribution in [0.5, 0.6) is 0 Å². The summed E-state index contributed by atoms with van der Waals surface area (Å²) in [6.45, 7) is 6.76. The van der Waals surface area contributed by atoms with E-state index in [1.165, 1.54) is 18.9 Å². The summed E-state index contributed by atoms with van der Waals surface area (Å²) < 4.78 is 0. The minimum atomic E-state index is -0.876. The minimum absolute atomic E-state index is 0.712. The first-order chi connectivity index (χ1) is 7.52. The van der Waals surface area contributed by atoms with Gasteiger partial charge in [0.15, 0.2) is 0 Å². The maximum atomic E-state index is 10.2. The monoisotopic (exact) mass is 224 g/mol. The van der Waals surface area contributed by atoms with Crippen LogP contribution in [-0.2, 0) is 4.79 Å². The first-order valence-electron chi connectivity index (χ1n) is 6.06. The van der Waals surface area contributed by atoms with Crippen LogP contribution in [0, 0.1) is 11.8 Å². The summed E-state index contributed by atoms with van der Waals surface area (Å²) in [6, 6.07) is 0. The van der Waals surface area contributed by atoms with E-state index >= 15 is 0 Å². The van der Waals surface area contributed by atoms with Crippen LogP contribution in [0.15, 0.2) is 24.3 Å². The van der Waals surface area contributed by atoms with Gasteiger partial charge in [0.2, 0.25) is 0 Å². The molecule has 0 aromatic carbocycles. The molecular formula is C14H24O2. The Hall–Kier alpha value is -1.05. The maximum absolute atomic E-state index is 10.2. The molecule has 92 valence electrons. The molecule has 0 heterocycles. The average molecular weight is 224 g/mol. The Kier molecular flexibility index (Phi) is 8.59. The molecule has 1 N–H and O–H groups in total.